The molecule has 0 aliphatic carbocycles. The van der Waals surface area contributed by atoms with Crippen molar-refractivity contribution in [3.8, 4) is 11.5 Å². The van der Waals surface area contributed by atoms with E-state index in [2.05, 4.69) is 33.0 Å². The lowest BCUT2D eigenvalue weighted by molar-refractivity contribution is -0.118. The second-order valence-electron chi connectivity index (χ2n) is 5.41. The van der Waals surface area contributed by atoms with Crippen LogP contribution in [0, 0.1) is 0 Å². The molecule has 0 atom stereocenters. The molecular weight excluding hydrogens is 428 g/mol. The Kier molecular flexibility index (Phi) is 8.94. The van der Waals surface area contributed by atoms with Crippen LogP contribution in [0.25, 0.3) is 0 Å². The van der Waals surface area contributed by atoms with Gasteiger partial charge >= 0.3 is 0 Å². The third kappa shape index (κ3) is 7.11. The number of carbonyl (C=O) groups excluding carboxylic acids is 1. The molecule has 0 spiro atoms. The van der Waals surface area contributed by atoms with Gasteiger partial charge in [0.2, 0.25) is 5.91 Å². The smallest absolute Gasteiger partial charge is 0.250 e. The fourth-order valence-electron chi connectivity index (χ4n) is 2.14. The summed E-state index contributed by atoms with van der Waals surface area (Å²) in [5, 5.41) is 4.00. The third-order valence-corrected chi connectivity index (χ3v) is 4.94. The predicted octanol–water partition coefficient (Wildman–Crippen LogP) is 4.41. The van der Waals surface area contributed by atoms with Gasteiger partial charge in [0.05, 0.1) is 23.5 Å². The molecule has 1 N–H and O–H groups in total. The zero-order valence-corrected chi connectivity index (χ0v) is 17.4. The lowest BCUT2D eigenvalue weighted by Gasteiger charge is -2.12. The molecule has 0 aliphatic heterocycles. The number of methoxy groups -OCH3 is 1. The highest BCUT2D eigenvalue weighted by Gasteiger charge is 2.10. The van der Waals surface area contributed by atoms with E-state index in [9.17, 15) is 4.79 Å². The molecule has 0 bridgehead atoms. The van der Waals surface area contributed by atoms with Gasteiger partial charge in [-0.1, -0.05) is 43.0 Å². The van der Waals surface area contributed by atoms with Crippen molar-refractivity contribution in [3.05, 3.63) is 70.7 Å². The van der Waals surface area contributed by atoms with Gasteiger partial charge in [-0.05, 0) is 39.2 Å². The Labute approximate surface area is 172 Å². The largest absolute Gasteiger partial charge is 0.493 e. The number of benzene rings is 2. The van der Waals surface area contributed by atoms with Gasteiger partial charge < -0.3 is 9.47 Å². The van der Waals surface area contributed by atoms with E-state index < -0.39 is 0 Å². The summed E-state index contributed by atoms with van der Waals surface area (Å²) in [7, 11) is 1.56. The summed E-state index contributed by atoms with van der Waals surface area (Å²) >= 11 is 5.00. The molecule has 7 heteroatoms. The number of rotatable bonds is 10. The Morgan fingerprint density at radius 3 is 2.81 bits per heavy atom. The number of thioether (sulfide) groups is 1. The maximum absolute atomic E-state index is 11.9. The van der Waals surface area contributed by atoms with Crippen LogP contribution in [0.3, 0.4) is 0 Å². The first kappa shape index (κ1) is 21.1. The van der Waals surface area contributed by atoms with Crippen LogP contribution >= 0.6 is 27.7 Å². The van der Waals surface area contributed by atoms with Crippen molar-refractivity contribution in [3.63, 3.8) is 0 Å². The molecule has 2 aromatic carbocycles. The van der Waals surface area contributed by atoms with E-state index in [-0.39, 0.29) is 5.91 Å². The molecule has 27 heavy (non-hydrogen) atoms. The second kappa shape index (κ2) is 11.5. The molecule has 0 unspecified atom stereocenters. The molecular formula is C20H21BrN2O3S. The normalized spacial score (nSPS) is 10.6. The Hall–Kier alpha value is -2.25. The summed E-state index contributed by atoms with van der Waals surface area (Å²) in [4.78, 5) is 11.9. The summed E-state index contributed by atoms with van der Waals surface area (Å²) in [5.74, 6) is 2.14. The SMILES string of the molecule is C=CCOc1c(Br)cc(/C=N\NC(=O)CSCc2ccccc2)cc1OC. The molecule has 5 nitrogen and oxygen atoms in total. The summed E-state index contributed by atoms with van der Waals surface area (Å²) in [6, 6.07) is 13.6. The molecule has 0 radical (unpaired) electrons. The fraction of sp³-hybridized carbons (Fsp3) is 0.200. The minimum absolute atomic E-state index is 0.149. The second-order valence-corrected chi connectivity index (χ2v) is 7.25. The Balaban J connectivity index is 1.86. The van der Waals surface area contributed by atoms with E-state index in [1.165, 1.54) is 5.56 Å². The number of amides is 1. The van der Waals surface area contributed by atoms with Crippen LogP contribution in [0.4, 0.5) is 0 Å². The maximum atomic E-state index is 11.9. The Bertz CT molecular complexity index is 797. The van der Waals surface area contributed by atoms with Crippen molar-refractivity contribution >= 4 is 39.8 Å². The van der Waals surface area contributed by atoms with Gasteiger partial charge in [0.25, 0.3) is 0 Å². The van der Waals surface area contributed by atoms with E-state index in [1.54, 1.807) is 37.2 Å². The summed E-state index contributed by atoms with van der Waals surface area (Å²) in [6.07, 6.45) is 3.22. The van der Waals surface area contributed by atoms with E-state index >= 15 is 0 Å². The zero-order chi connectivity index (χ0) is 19.5. The first-order valence-electron chi connectivity index (χ1n) is 8.19. The zero-order valence-electron chi connectivity index (χ0n) is 15.0. The van der Waals surface area contributed by atoms with Crippen molar-refractivity contribution in [2.24, 2.45) is 5.10 Å². The third-order valence-electron chi connectivity index (χ3n) is 3.34. The number of nitrogens with zero attached hydrogens (tertiary/aromatic N) is 1. The van der Waals surface area contributed by atoms with Gasteiger partial charge in [-0.3, -0.25) is 4.79 Å². The standard InChI is InChI=1S/C20H21BrN2O3S/c1-3-9-26-20-17(21)10-16(11-18(20)25-2)12-22-23-19(24)14-27-13-15-7-5-4-6-8-15/h3-8,10-12H,1,9,13-14H2,2H3,(H,23,24)/b22-12-. The fourth-order valence-corrected chi connectivity index (χ4v) is 3.50. The lowest BCUT2D eigenvalue weighted by atomic mass is 10.2. The molecule has 0 saturated heterocycles. The minimum Gasteiger partial charge on any atom is -0.493 e. The van der Waals surface area contributed by atoms with E-state index in [4.69, 9.17) is 9.47 Å². The van der Waals surface area contributed by atoms with Crippen molar-refractivity contribution < 1.29 is 14.3 Å². The van der Waals surface area contributed by atoms with Crippen LogP contribution in [-0.2, 0) is 10.5 Å². The van der Waals surface area contributed by atoms with Crippen molar-refractivity contribution in [2.45, 2.75) is 5.75 Å². The van der Waals surface area contributed by atoms with Crippen LogP contribution in [-0.4, -0.2) is 31.6 Å². The van der Waals surface area contributed by atoms with Gasteiger partial charge in [0.1, 0.15) is 6.61 Å². The van der Waals surface area contributed by atoms with Gasteiger partial charge in [-0.25, -0.2) is 5.43 Å². The highest BCUT2D eigenvalue weighted by molar-refractivity contribution is 9.10. The number of nitrogens with one attached hydrogen (secondary N) is 1. The van der Waals surface area contributed by atoms with Gasteiger partial charge in [0, 0.05) is 5.75 Å². The topological polar surface area (TPSA) is 59.9 Å². The molecule has 0 fully saturated rings. The quantitative estimate of drug-likeness (QED) is 0.332. The highest BCUT2D eigenvalue weighted by atomic mass is 79.9. The molecule has 0 heterocycles. The van der Waals surface area contributed by atoms with Crippen molar-refractivity contribution in [2.75, 3.05) is 19.5 Å². The molecule has 2 rings (SSSR count). The lowest BCUT2D eigenvalue weighted by Crippen LogP contribution is -2.19. The van der Waals surface area contributed by atoms with E-state index in [0.717, 1.165) is 15.8 Å². The van der Waals surface area contributed by atoms with Crippen LogP contribution in [0.15, 0.2) is 64.7 Å². The number of hydrazone groups is 1. The van der Waals surface area contributed by atoms with Crippen LogP contribution in [0.5, 0.6) is 11.5 Å². The Morgan fingerprint density at radius 1 is 1.33 bits per heavy atom. The van der Waals surface area contributed by atoms with Gasteiger partial charge in [-0.2, -0.15) is 5.10 Å². The van der Waals surface area contributed by atoms with Crippen molar-refractivity contribution in [1.29, 1.82) is 0 Å². The van der Waals surface area contributed by atoms with Gasteiger partial charge in [-0.15, -0.1) is 11.8 Å². The first-order chi connectivity index (χ1) is 13.1. The molecule has 142 valence electrons. The van der Waals surface area contributed by atoms with Gasteiger partial charge in [0.15, 0.2) is 11.5 Å². The van der Waals surface area contributed by atoms with Crippen LogP contribution in [0.1, 0.15) is 11.1 Å². The molecule has 0 aromatic heterocycles. The van der Waals surface area contributed by atoms with Crippen LogP contribution in [0.2, 0.25) is 0 Å². The molecule has 2 aromatic rings. The average Bonchev–Trinajstić information content (AvgIpc) is 2.67. The van der Waals surface area contributed by atoms with Crippen LogP contribution < -0.4 is 14.9 Å². The highest BCUT2D eigenvalue weighted by Crippen LogP contribution is 2.36. The monoisotopic (exact) mass is 448 g/mol. The molecule has 0 saturated carbocycles. The number of hydrogen-bond acceptors (Lipinski definition) is 5. The minimum atomic E-state index is -0.149. The first-order valence-corrected chi connectivity index (χ1v) is 10.1. The average molecular weight is 449 g/mol. The number of halogens is 1. The van der Waals surface area contributed by atoms with E-state index in [1.807, 2.05) is 36.4 Å². The number of hydrogen-bond donors (Lipinski definition) is 1. The predicted molar refractivity (Wildman–Crippen MR) is 115 cm³/mol. The van der Waals surface area contributed by atoms with Crippen molar-refractivity contribution in [1.82, 2.24) is 5.43 Å². The summed E-state index contributed by atoms with van der Waals surface area (Å²) < 4.78 is 11.7. The van der Waals surface area contributed by atoms with E-state index in [0.29, 0.717) is 23.9 Å². The summed E-state index contributed by atoms with van der Waals surface area (Å²) in [6.45, 7) is 4.00. The Morgan fingerprint density at radius 2 is 2.11 bits per heavy atom. The summed E-state index contributed by atoms with van der Waals surface area (Å²) in [5.41, 5.74) is 4.49. The molecule has 0 aliphatic rings. The molecule has 1 amide bonds. The number of carbonyl (C=O) groups is 1. The maximum Gasteiger partial charge on any atom is 0.250 e. The number of ether oxygens (including phenoxy) is 2.